The van der Waals surface area contributed by atoms with Crippen LogP contribution in [0.2, 0.25) is 0 Å². The van der Waals surface area contributed by atoms with Crippen LogP contribution in [0.5, 0.6) is 5.75 Å². The smallest absolute Gasteiger partial charge is 0.255 e. The molecule has 1 aliphatic heterocycles. The van der Waals surface area contributed by atoms with Crippen LogP contribution in [-0.4, -0.2) is 6.61 Å². The topological polar surface area (TPSA) is 13.1 Å². The molecule has 17 heavy (non-hydrogen) atoms. The van der Waals surface area contributed by atoms with Gasteiger partial charge in [0.15, 0.2) is 18.5 Å². The van der Waals surface area contributed by atoms with Crippen molar-refractivity contribution in [1.82, 2.24) is 0 Å². The minimum atomic E-state index is 0.779. The van der Waals surface area contributed by atoms with Crippen molar-refractivity contribution in [2.24, 2.45) is 0 Å². The first-order valence-electron chi connectivity index (χ1n) is 6.49. The van der Waals surface area contributed by atoms with Crippen LogP contribution in [0.4, 0.5) is 0 Å². The Balaban J connectivity index is 0.000000330. The summed E-state index contributed by atoms with van der Waals surface area (Å²) in [6, 6.07) is 10.4. The second kappa shape index (κ2) is 6.89. The minimum Gasteiger partial charge on any atom is -0.480 e. The maximum absolute atomic E-state index is 5.57. The predicted octanol–water partition coefficient (Wildman–Crippen LogP) is 3.57. The minimum absolute atomic E-state index is 0.779. The summed E-state index contributed by atoms with van der Waals surface area (Å²) >= 11 is 0. The van der Waals surface area contributed by atoms with E-state index in [-0.39, 0.29) is 0 Å². The van der Waals surface area contributed by atoms with E-state index < -0.39 is 0 Å². The number of benzene rings is 1. The third-order valence-corrected chi connectivity index (χ3v) is 2.45. The summed E-state index contributed by atoms with van der Waals surface area (Å²) in [5.74, 6) is 1.00. The molecule has 0 spiro atoms. The standard InChI is InChI=1S/C11H10NO.2C2H6/c1-3-9-4-2-6-12-7-8-13-10(5-1)11(9)12;2*1-2/h1-6H,7-8H2;2*1-2H3/q+1;;. The van der Waals surface area contributed by atoms with Gasteiger partial charge in [-0.05, 0) is 18.2 Å². The van der Waals surface area contributed by atoms with E-state index in [0.717, 1.165) is 18.9 Å². The first-order chi connectivity index (χ1) is 8.45. The normalized spacial score (nSPS) is 11.5. The molecule has 3 rings (SSSR count). The molecule has 1 aromatic heterocycles. The van der Waals surface area contributed by atoms with Gasteiger partial charge in [-0.25, -0.2) is 0 Å². The average molecular weight is 232 g/mol. The van der Waals surface area contributed by atoms with Crippen molar-refractivity contribution in [2.45, 2.75) is 34.2 Å². The number of aromatic nitrogens is 1. The van der Waals surface area contributed by atoms with Crippen LogP contribution in [0, 0.1) is 0 Å². The highest BCUT2D eigenvalue weighted by Crippen LogP contribution is 2.23. The van der Waals surface area contributed by atoms with Gasteiger partial charge in [0.05, 0.1) is 5.39 Å². The zero-order chi connectivity index (χ0) is 12.7. The third kappa shape index (κ3) is 2.76. The summed E-state index contributed by atoms with van der Waals surface area (Å²) in [6.45, 7) is 9.73. The van der Waals surface area contributed by atoms with Gasteiger partial charge in [-0.3, -0.25) is 0 Å². The van der Waals surface area contributed by atoms with Crippen LogP contribution in [0.1, 0.15) is 27.7 Å². The zero-order valence-corrected chi connectivity index (χ0v) is 11.2. The van der Waals surface area contributed by atoms with Gasteiger partial charge < -0.3 is 4.74 Å². The second-order valence-corrected chi connectivity index (χ2v) is 3.24. The Hall–Kier alpha value is -1.57. The molecule has 92 valence electrons. The molecule has 2 aromatic rings. The summed E-state index contributed by atoms with van der Waals surface area (Å²) in [7, 11) is 0. The fourth-order valence-electron chi connectivity index (χ4n) is 1.86. The summed E-state index contributed by atoms with van der Waals surface area (Å²) in [4.78, 5) is 0. The molecule has 1 aliphatic rings. The van der Waals surface area contributed by atoms with Crippen molar-refractivity contribution in [3.05, 3.63) is 36.5 Å². The summed E-state index contributed by atoms with van der Waals surface area (Å²) in [5, 5.41) is 1.25. The van der Waals surface area contributed by atoms with Crippen molar-refractivity contribution >= 4 is 10.9 Å². The van der Waals surface area contributed by atoms with Gasteiger partial charge in [-0.15, -0.1) is 0 Å². The highest BCUT2D eigenvalue weighted by atomic mass is 16.5. The summed E-state index contributed by atoms with van der Waals surface area (Å²) in [6.07, 6.45) is 2.11. The molecule has 2 heteroatoms. The van der Waals surface area contributed by atoms with Crippen molar-refractivity contribution < 1.29 is 9.30 Å². The molecule has 0 bridgehead atoms. The molecule has 0 amide bonds. The van der Waals surface area contributed by atoms with Gasteiger partial charge in [0.2, 0.25) is 0 Å². The second-order valence-electron chi connectivity index (χ2n) is 3.24. The van der Waals surface area contributed by atoms with Gasteiger partial charge in [0.25, 0.3) is 5.52 Å². The van der Waals surface area contributed by atoms with Crippen LogP contribution in [0.25, 0.3) is 10.9 Å². The largest absolute Gasteiger partial charge is 0.480 e. The average Bonchev–Trinajstić information content (AvgIpc) is 2.44. The Bertz CT molecular complexity index is 427. The number of hydrogen-bond donors (Lipinski definition) is 0. The molecular formula is C15H22NO+. The fraction of sp³-hybridized carbons (Fsp3) is 0.400. The lowest BCUT2D eigenvalue weighted by Crippen LogP contribution is -2.40. The molecule has 0 radical (unpaired) electrons. The van der Waals surface area contributed by atoms with E-state index in [1.54, 1.807) is 0 Å². The van der Waals surface area contributed by atoms with E-state index in [1.165, 1.54) is 10.9 Å². The first-order valence-corrected chi connectivity index (χ1v) is 6.49. The zero-order valence-electron chi connectivity index (χ0n) is 11.2. The maximum atomic E-state index is 5.57. The number of pyridine rings is 1. The molecule has 0 atom stereocenters. The van der Waals surface area contributed by atoms with Gasteiger partial charge in [-0.2, -0.15) is 4.57 Å². The lowest BCUT2D eigenvalue weighted by molar-refractivity contribution is -0.676. The highest BCUT2D eigenvalue weighted by molar-refractivity contribution is 5.81. The van der Waals surface area contributed by atoms with Crippen LogP contribution in [0.15, 0.2) is 36.5 Å². The van der Waals surface area contributed by atoms with Gasteiger partial charge >= 0.3 is 0 Å². The first kappa shape index (κ1) is 13.5. The summed E-state index contributed by atoms with van der Waals surface area (Å²) < 4.78 is 7.82. The molecule has 0 unspecified atom stereocenters. The Kier molecular flexibility index (Phi) is 5.47. The number of ether oxygens (including phenoxy) is 1. The molecular weight excluding hydrogens is 210 g/mol. The Labute approximate surface area is 104 Å². The van der Waals surface area contributed by atoms with Crippen molar-refractivity contribution in [2.75, 3.05) is 6.61 Å². The van der Waals surface area contributed by atoms with Crippen LogP contribution in [0.3, 0.4) is 0 Å². The molecule has 0 saturated carbocycles. The molecule has 0 N–H and O–H groups in total. The van der Waals surface area contributed by atoms with Gasteiger partial charge in [-0.1, -0.05) is 33.8 Å². The van der Waals surface area contributed by atoms with E-state index in [0.29, 0.717) is 0 Å². The predicted molar refractivity (Wildman–Crippen MR) is 72.3 cm³/mol. The van der Waals surface area contributed by atoms with Crippen LogP contribution in [-0.2, 0) is 6.54 Å². The van der Waals surface area contributed by atoms with Crippen molar-refractivity contribution in [1.29, 1.82) is 0 Å². The summed E-state index contributed by atoms with van der Waals surface area (Å²) in [5.41, 5.74) is 1.22. The van der Waals surface area contributed by atoms with Crippen LogP contribution >= 0.6 is 0 Å². The number of hydrogen-bond acceptors (Lipinski definition) is 1. The Morgan fingerprint density at radius 2 is 1.71 bits per heavy atom. The van der Waals surface area contributed by atoms with E-state index in [9.17, 15) is 0 Å². The SMILES string of the molecule is CC.CC.c1cc2c3c(c1)ccc[n+]3CCO2. The van der Waals surface area contributed by atoms with Crippen molar-refractivity contribution in [3.8, 4) is 5.75 Å². The van der Waals surface area contributed by atoms with Crippen molar-refractivity contribution in [3.63, 3.8) is 0 Å². The molecule has 0 fully saturated rings. The maximum Gasteiger partial charge on any atom is 0.255 e. The molecule has 0 aliphatic carbocycles. The lowest BCUT2D eigenvalue weighted by atomic mass is 10.2. The third-order valence-electron chi connectivity index (χ3n) is 2.45. The Morgan fingerprint density at radius 3 is 2.47 bits per heavy atom. The molecule has 1 aromatic carbocycles. The van der Waals surface area contributed by atoms with E-state index >= 15 is 0 Å². The van der Waals surface area contributed by atoms with E-state index in [1.807, 2.05) is 39.8 Å². The number of rotatable bonds is 0. The number of nitrogens with zero attached hydrogens (tertiary/aromatic N) is 1. The van der Waals surface area contributed by atoms with Gasteiger partial charge in [0, 0.05) is 6.07 Å². The molecule has 2 heterocycles. The highest BCUT2D eigenvalue weighted by Gasteiger charge is 2.18. The lowest BCUT2D eigenvalue weighted by Gasteiger charge is -2.12. The Morgan fingerprint density at radius 1 is 1.00 bits per heavy atom. The van der Waals surface area contributed by atoms with Gasteiger partial charge in [0.1, 0.15) is 6.61 Å². The molecule has 0 saturated heterocycles. The van der Waals surface area contributed by atoms with E-state index in [4.69, 9.17) is 4.74 Å². The van der Waals surface area contributed by atoms with E-state index in [2.05, 4.69) is 29.0 Å². The quantitative estimate of drug-likeness (QED) is 0.633. The number of para-hydroxylation sites is 1. The fourth-order valence-corrected chi connectivity index (χ4v) is 1.86. The van der Waals surface area contributed by atoms with Crippen LogP contribution < -0.4 is 9.30 Å². The monoisotopic (exact) mass is 232 g/mol. The molecule has 2 nitrogen and oxygen atoms in total.